The average molecular weight is 221 g/mol. The van der Waals surface area contributed by atoms with Crippen LogP contribution in [0.1, 0.15) is 19.3 Å². The fraction of sp³-hybridized carbons (Fsp3) is 0.714. The third kappa shape index (κ3) is 1.67. The van der Waals surface area contributed by atoms with Crippen LogP contribution >= 0.6 is 24.8 Å². The van der Waals surface area contributed by atoms with E-state index in [1.54, 1.807) is 0 Å². The Bertz CT molecular complexity index is 272. The molecular formula is C7H10Cl2N4. The van der Waals surface area contributed by atoms with Gasteiger partial charge in [-0.15, -0.1) is 24.8 Å². The number of halogens is 2. The molecule has 0 aromatic carbocycles. The van der Waals surface area contributed by atoms with Gasteiger partial charge in [0.2, 0.25) is 0 Å². The first kappa shape index (κ1) is 12.3. The maximum atomic E-state index is 8.59. The van der Waals surface area contributed by atoms with Crippen molar-refractivity contribution in [1.29, 1.82) is 0 Å². The summed E-state index contributed by atoms with van der Waals surface area (Å²) in [7, 11) is 0. The molecule has 6 heteroatoms. The molecule has 4 nitrogen and oxygen atoms in total. The van der Waals surface area contributed by atoms with Crippen LogP contribution in [0.15, 0.2) is 0 Å². The van der Waals surface area contributed by atoms with E-state index in [0.29, 0.717) is 23.3 Å². The Hall–Kier alpha value is -0.660. The van der Waals surface area contributed by atoms with E-state index in [-0.39, 0.29) is 24.8 Å². The molecule has 2 saturated carbocycles. The van der Waals surface area contributed by atoms with Crippen molar-refractivity contribution in [2.45, 2.75) is 19.3 Å². The van der Waals surface area contributed by atoms with Crippen molar-refractivity contribution in [1.82, 2.24) is 0 Å². The molecule has 2 rings (SSSR count). The van der Waals surface area contributed by atoms with Gasteiger partial charge in [0.25, 0.3) is 0 Å². The van der Waals surface area contributed by atoms with Gasteiger partial charge in [0, 0.05) is 0 Å². The van der Waals surface area contributed by atoms with Gasteiger partial charge in [-0.05, 0) is 19.3 Å². The molecule has 0 aromatic heterocycles. The van der Waals surface area contributed by atoms with Crippen molar-refractivity contribution in [3.8, 4) is 0 Å². The van der Waals surface area contributed by atoms with Gasteiger partial charge >= 0.3 is 11.4 Å². The van der Waals surface area contributed by atoms with Crippen molar-refractivity contribution < 1.29 is 9.58 Å². The fourth-order valence-corrected chi connectivity index (χ4v) is 2.16. The lowest BCUT2D eigenvalue weighted by atomic mass is 9.97. The van der Waals surface area contributed by atoms with Crippen LogP contribution in [-0.2, 0) is 0 Å². The summed E-state index contributed by atoms with van der Waals surface area (Å²) >= 11 is 0. The zero-order chi connectivity index (χ0) is 7.84. The van der Waals surface area contributed by atoms with Crippen molar-refractivity contribution in [2.75, 3.05) is 0 Å². The lowest BCUT2D eigenvalue weighted by Gasteiger charge is -1.97. The molecular weight excluding hydrogens is 211 g/mol. The molecule has 0 heterocycles. The standard InChI is InChI=1S/C7H8N4.2ClH/c8-10-6-4-1-2-5(3-4)7(6)11-9;;/h4-5H,1-3H2;2*1H. The SMILES string of the molecule is Cl.Cl.[N-]=[N+]=C1C(=[N+]=[N-])C2CCC1C2. The molecule has 2 aliphatic rings. The Morgan fingerprint density at radius 3 is 1.62 bits per heavy atom. The van der Waals surface area contributed by atoms with Gasteiger partial charge in [-0.2, -0.15) is 9.58 Å². The Morgan fingerprint density at radius 1 is 0.923 bits per heavy atom. The van der Waals surface area contributed by atoms with Crippen molar-refractivity contribution >= 4 is 36.2 Å². The highest BCUT2D eigenvalue weighted by atomic mass is 35.5. The van der Waals surface area contributed by atoms with E-state index in [2.05, 4.69) is 9.58 Å². The van der Waals surface area contributed by atoms with Crippen LogP contribution in [0.3, 0.4) is 0 Å². The van der Waals surface area contributed by atoms with E-state index >= 15 is 0 Å². The van der Waals surface area contributed by atoms with Crippen LogP contribution in [-0.4, -0.2) is 21.0 Å². The minimum atomic E-state index is 0. The highest BCUT2D eigenvalue weighted by molar-refractivity contribution is 6.41. The predicted molar refractivity (Wildman–Crippen MR) is 52.6 cm³/mol. The zero-order valence-corrected chi connectivity index (χ0v) is 8.51. The molecule has 2 aliphatic carbocycles. The normalized spacial score (nSPS) is 28.6. The second kappa shape index (κ2) is 4.54. The van der Waals surface area contributed by atoms with E-state index in [1.165, 1.54) is 0 Å². The average Bonchev–Trinajstić information content (AvgIpc) is 2.60. The highest BCUT2D eigenvalue weighted by Gasteiger charge is 2.54. The van der Waals surface area contributed by atoms with E-state index in [0.717, 1.165) is 19.3 Å². The number of fused-ring (bicyclic) bond motifs is 2. The first-order valence-electron chi connectivity index (χ1n) is 3.81. The number of hydrogen-bond acceptors (Lipinski definition) is 0. The fourth-order valence-electron chi connectivity index (χ4n) is 2.16. The summed E-state index contributed by atoms with van der Waals surface area (Å²) in [6.07, 6.45) is 3.14. The van der Waals surface area contributed by atoms with Crippen LogP contribution < -0.4 is 0 Å². The maximum absolute atomic E-state index is 8.59. The van der Waals surface area contributed by atoms with Crippen LogP contribution in [0, 0.1) is 11.8 Å². The lowest BCUT2D eigenvalue weighted by molar-refractivity contribution is -0.0307. The summed E-state index contributed by atoms with van der Waals surface area (Å²) in [6.45, 7) is 0. The van der Waals surface area contributed by atoms with Crippen molar-refractivity contribution in [3.05, 3.63) is 11.1 Å². The highest BCUT2D eigenvalue weighted by Crippen LogP contribution is 2.39. The van der Waals surface area contributed by atoms with E-state index < -0.39 is 0 Å². The largest absolute Gasteiger partial charge is 0.378 e. The summed E-state index contributed by atoms with van der Waals surface area (Å²) in [4.78, 5) is 6.30. The zero-order valence-electron chi connectivity index (χ0n) is 6.88. The molecule has 2 fully saturated rings. The van der Waals surface area contributed by atoms with Crippen LogP contribution in [0.2, 0.25) is 0 Å². The Labute approximate surface area is 88.4 Å². The Balaban J connectivity index is 0.000000720. The Kier molecular flexibility index (Phi) is 4.31. The summed E-state index contributed by atoms with van der Waals surface area (Å²) in [5, 5.41) is 0. The predicted octanol–water partition coefficient (Wildman–Crippen LogP) is 1.60. The third-order valence-corrected chi connectivity index (χ3v) is 2.68. The summed E-state index contributed by atoms with van der Waals surface area (Å²) in [6, 6.07) is 0. The molecule has 2 unspecified atom stereocenters. The topological polar surface area (TPSA) is 72.8 Å². The molecule has 72 valence electrons. The molecule has 0 saturated heterocycles. The summed E-state index contributed by atoms with van der Waals surface area (Å²) in [5.74, 6) is 0.687. The van der Waals surface area contributed by atoms with Gasteiger partial charge in [0.15, 0.2) is 0 Å². The summed E-state index contributed by atoms with van der Waals surface area (Å²) in [5.41, 5.74) is 18.4. The molecule has 0 spiro atoms. The summed E-state index contributed by atoms with van der Waals surface area (Å²) < 4.78 is 0. The minimum Gasteiger partial charge on any atom is -0.361 e. The lowest BCUT2D eigenvalue weighted by Crippen LogP contribution is -2.23. The number of nitrogens with zero attached hydrogens (tertiary/aromatic N) is 4. The van der Waals surface area contributed by atoms with E-state index in [9.17, 15) is 0 Å². The molecule has 0 aromatic rings. The number of hydrogen-bond donors (Lipinski definition) is 0. The second-order valence-electron chi connectivity index (χ2n) is 3.18. The van der Waals surface area contributed by atoms with Crippen molar-refractivity contribution in [3.63, 3.8) is 0 Å². The number of rotatable bonds is 0. The smallest absolute Gasteiger partial charge is 0.361 e. The van der Waals surface area contributed by atoms with Crippen LogP contribution in [0.25, 0.3) is 11.1 Å². The van der Waals surface area contributed by atoms with Gasteiger partial charge in [-0.1, -0.05) is 0 Å². The molecule has 0 radical (unpaired) electrons. The van der Waals surface area contributed by atoms with E-state index in [4.69, 9.17) is 11.1 Å². The van der Waals surface area contributed by atoms with Crippen molar-refractivity contribution in [2.24, 2.45) is 11.8 Å². The maximum Gasteiger partial charge on any atom is 0.378 e. The molecule has 2 atom stereocenters. The quantitative estimate of drug-likeness (QED) is 0.440. The first-order chi connectivity index (χ1) is 5.36. The molecule has 0 aliphatic heterocycles. The van der Waals surface area contributed by atoms with Crippen LogP contribution in [0.4, 0.5) is 0 Å². The van der Waals surface area contributed by atoms with Crippen LogP contribution in [0.5, 0.6) is 0 Å². The molecule has 13 heavy (non-hydrogen) atoms. The second-order valence-corrected chi connectivity index (χ2v) is 3.18. The minimum absolute atomic E-state index is 0. The molecule has 0 N–H and O–H groups in total. The molecule has 0 amide bonds. The van der Waals surface area contributed by atoms with Gasteiger partial charge in [-0.3, -0.25) is 0 Å². The third-order valence-electron chi connectivity index (χ3n) is 2.68. The van der Waals surface area contributed by atoms with Gasteiger partial charge in [0.05, 0.1) is 11.8 Å². The van der Waals surface area contributed by atoms with Gasteiger partial charge in [-0.25, -0.2) is 0 Å². The van der Waals surface area contributed by atoms with E-state index in [1.807, 2.05) is 0 Å². The Morgan fingerprint density at radius 2 is 1.31 bits per heavy atom. The first-order valence-corrected chi connectivity index (χ1v) is 3.81. The molecule has 2 bridgehead atoms. The van der Waals surface area contributed by atoms with Gasteiger partial charge < -0.3 is 11.1 Å². The monoisotopic (exact) mass is 220 g/mol. The van der Waals surface area contributed by atoms with Gasteiger partial charge in [0.1, 0.15) is 0 Å².